The van der Waals surface area contributed by atoms with Crippen LogP contribution in [0.25, 0.3) is 0 Å². The standard InChI is InChI=1S/C20H33N7/c1-5-22-20(24-12-19-23-8-11-25(19)13-16(2)3)26-9-6-17(4)18(14-26)27-10-7-21-15-27/h7-8,10-11,15-18H,5-6,9,12-14H2,1-4H3,(H,22,24). The average molecular weight is 372 g/mol. The number of hydrogen-bond donors (Lipinski definition) is 1. The molecule has 7 heteroatoms. The van der Waals surface area contributed by atoms with E-state index in [2.05, 4.69) is 69.4 Å². The number of likely N-dealkylation sites (tertiary alicyclic amines) is 1. The number of aromatic nitrogens is 4. The van der Waals surface area contributed by atoms with Crippen LogP contribution in [0.1, 0.15) is 46.0 Å². The lowest BCUT2D eigenvalue weighted by atomic mass is 9.93. The second-order valence-corrected chi connectivity index (χ2v) is 7.85. The molecular weight excluding hydrogens is 338 g/mol. The zero-order valence-electron chi connectivity index (χ0n) is 17.0. The molecule has 1 saturated heterocycles. The quantitative estimate of drug-likeness (QED) is 0.626. The Hall–Kier alpha value is -2.31. The minimum Gasteiger partial charge on any atom is -0.357 e. The van der Waals surface area contributed by atoms with Gasteiger partial charge in [0.2, 0.25) is 0 Å². The molecule has 1 fully saturated rings. The van der Waals surface area contributed by atoms with E-state index < -0.39 is 0 Å². The number of rotatable bonds is 6. The van der Waals surface area contributed by atoms with Gasteiger partial charge in [-0.15, -0.1) is 0 Å². The Labute approximate surface area is 162 Å². The van der Waals surface area contributed by atoms with Crippen molar-refractivity contribution in [3.8, 4) is 0 Å². The highest BCUT2D eigenvalue weighted by Gasteiger charge is 2.28. The van der Waals surface area contributed by atoms with Gasteiger partial charge in [0, 0.05) is 51.0 Å². The van der Waals surface area contributed by atoms with Gasteiger partial charge in [-0.25, -0.2) is 15.0 Å². The van der Waals surface area contributed by atoms with Crippen LogP contribution >= 0.6 is 0 Å². The maximum Gasteiger partial charge on any atom is 0.194 e. The minimum absolute atomic E-state index is 0.424. The van der Waals surface area contributed by atoms with Gasteiger partial charge in [0.25, 0.3) is 0 Å². The van der Waals surface area contributed by atoms with Gasteiger partial charge in [-0.2, -0.15) is 0 Å². The number of piperidine rings is 1. The van der Waals surface area contributed by atoms with Crippen molar-refractivity contribution in [2.24, 2.45) is 16.8 Å². The summed E-state index contributed by atoms with van der Waals surface area (Å²) >= 11 is 0. The van der Waals surface area contributed by atoms with E-state index in [4.69, 9.17) is 4.99 Å². The second-order valence-electron chi connectivity index (χ2n) is 7.85. The van der Waals surface area contributed by atoms with Crippen molar-refractivity contribution >= 4 is 5.96 Å². The third kappa shape index (κ3) is 4.90. The van der Waals surface area contributed by atoms with Crippen molar-refractivity contribution in [2.45, 2.75) is 53.2 Å². The third-order valence-corrected chi connectivity index (χ3v) is 5.19. The van der Waals surface area contributed by atoms with Crippen molar-refractivity contribution in [1.29, 1.82) is 0 Å². The molecule has 2 aromatic heterocycles. The summed E-state index contributed by atoms with van der Waals surface area (Å²) in [6.07, 6.45) is 10.9. The Morgan fingerprint density at radius 3 is 2.89 bits per heavy atom. The lowest BCUT2D eigenvalue weighted by molar-refractivity contribution is 0.189. The number of aliphatic imine (C=N–C) groups is 1. The van der Waals surface area contributed by atoms with E-state index >= 15 is 0 Å². The van der Waals surface area contributed by atoms with Gasteiger partial charge in [-0.1, -0.05) is 20.8 Å². The van der Waals surface area contributed by atoms with Crippen LogP contribution < -0.4 is 5.32 Å². The molecule has 27 heavy (non-hydrogen) atoms. The molecule has 3 rings (SSSR count). The minimum atomic E-state index is 0.424. The first-order valence-corrected chi connectivity index (χ1v) is 10.1. The van der Waals surface area contributed by atoms with Crippen molar-refractivity contribution < 1.29 is 0 Å². The van der Waals surface area contributed by atoms with Gasteiger partial charge in [-0.3, -0.25) is 0 Å². The maximum absolute atomic E-state index is 4.91. The molecule has 1 N–H and O–H groups in total. The SMILES string of the molecule is CCNC(=NCc1nccn1CC(C)C)N1CCC(C)C(n2ccnc2)C1. The molecule has 0 aliphatic carbocycles. The van der Waals surface area contributed by atoms with E-state index in [1.54, 1.807) is 0 Å². The van der Waals surface area contributed by atoms with Crippen molar-refractivity contribution in [3.63, 3.8) is 0 Å². The van der Waals surface area contributed by atoms with E-state index in [0.29, 0.717) is 24.4 Å². The number of nitrogens with one attached hydrogen (secondary N) is 1. The Balaban J connectivity index is 1.73. The van der Waals surface area contributed by atoms with Crippen LogP contribution in [0.15, 0.2) is 36.1 Å². The molecule has 3 heterocycles. The molecule has 1 aliphatic rings. The Kier molecular flexibility index (Phi) is 6.53. The summed E-state index contributed by atoms with van der Waals surface area (Å²) in [4.78, 5) is 16.0. The predicted octanol–water partition coefficient (Wildman–Crippen LogP) is 2.78. The summed E-state index contributed by atoms with van der Waals surface area (Å²) in [7, 11) is 0. The first-order valence-electron chi connectivity index (χ1n) is 10.1. The molecule has 148 valence electrons. The van der Waals surface area contributed by atoms with E-state index in [9.17, 15) is 0 Å². The van der Waals surface area contributed by atoms with Gasteiger partial charge in [-0.05, 0) is 25.2 Å². The lowest BCUT2D eigenvalue weighted by Gasteiger charge is -2.39. The fourth-order valence-electron chi connectivity index (χ4n) is 3.72. The smallest absolute Gasteiger partial charge is 0.194 e. The summed E-state index contributed by atoms with van der Waals surface area (Å²) in [5.74, 6) is 3.22. The van der Waals surface area contributed by atoms with Gasteiger partial charge in [0.05, 0.1) is 12.4 Å². The summed E-state index contributed by atoms with van der Waals surface area (Å²) in [6.45, 7) is 13.3. The molecule has 0 saturated carbocycles. The fourth-order valence-corrected chi connectivity index (χ4v) is 3.72. The van der Waals surface area contributed by atoms with E-state index in [1.807, 2.05) is 18.7 Å². The normalized spacial score (nSPS) is 21.1. The Morgan fingerprint density at radius 1 is 1.33 bits per heavy atom. The van der Waals surface area contributed by atoms with Crippen molar-refractivity contribution in [3.05, 3.63) is 36.9 Å². The topological polar surface area (TPSA) is 63.3 Å². The molecule has 2 unspecified atom stereocenters. The van der Waals surface area contributed by atoms with Crippen LogP contribution in [-0.2, 0) is 13.1 Å². The molecule has 2 aromatic rings. The summed E-state index contributed by atoms with van der Waals surface area (Å²) in [5, 5.41) is 3.47. The highest BCUT2D eigenvalue weighted by atomic mass is 15.3. The second kappa shape index (κ2) is 9.06. The molecule has 0 aromatic carbocycles. The summed E-state index contributed by atoms with van der Waals surface area (Å²) in [6, 6.07) is 0.424. The van der Waals surface area contributed by atoms with Crippen molar-refractivity contribution in [2.75, 3.05) is 19.6 Å². The molecule has 7 nitrogen and oxygen atoms in total. The Morgan fingerprint density at radius 2 is 2.19 bits per heavy atom. The third-order valence-electron chi connectivity index (χ3n) is 5.19. The predicted molar refractivity (Wildman–Crippen MR) is 108 cm³/mol. The first-order chi connectivity index (χ1) is 13.1. The molecule has 0 radical (unpaired) electrons. The monoisotopic (exact) mass is 371 g/mol. The molecule has 1 aliphatic heterocycles. The molecule has 0 bridgehead atoms. The maximum atomic E-state index is 4.91. The van der Waals surface area contributed by atoms with Crippen LogP contribution in [0, 0.1) is 11.8 Å². The van der Waals surface area contributed by atoms with Gasteiger partial charge < -0.3 is 19.4 Å². The summed E-state index contributed by atoms with van der Waals surface area (Å²) < 4.78 is 4.44. The first kappa shape index (κ1) is 19.5. The number of hydrogen-bond acceptors (Lipinski definition) is 3. The van der Waals surface area contributed by atoms with Crippen LogP contribution in [0.2, 0.25) is 0 Å². The highest BCUT2D eigenvalue weighted by Crippen LogP contribution is 2.27. The van der Waals surface area contributed by atoms with Gasteiger partial charge in [0.1, 0.15) is 12.4 Å². The van der Waals surface area contributed by atoms with Crippen LogP contribution in [0.5, 0.6) is 0 Å². The van der Waals surface area contributed by atoms with E-state index in [1.165, 1.54) is 0 Å². The van der Waals surface area contributed by atoms with Crippen LogP contribution in [-0.4, -0.2) is 49.6 Å². The molecule has 2 atom stereocenters. The number of nitrogens with zero attached hydrogens (tertiary/aromatic N) is 6. The molecule has 0 amide bonds. The van der Waals surface area contributed by atoms with Gasteiger partial charge in [0.15, 0.2) is 5.96 Å². The Bertz CT molecular complexity index is 717. The van der Waals surface area contributed by atoms with Crippen LogP contribution in [0.4, 0.5) is 0 Å². The average Bonchev–Trinajstić information content (AvgIpc) is 3.31. The zero-order valence-corrected chi connectivity index (χ0v) is 17.0. The van der Waals surface area contributed by atoms with E-state index in [-0.39, 0.29) is 0 Å². The van der Waals surface area contributed by atoms with Crippen molar-refractivity contribution in [1.82, 2.24) is 29.3 Å². The molecule has 0 spiro atoms. The van der Waals surface area contributed by atoms with Gasteiger partial charge >= 0.3 is 0 Å². The largest absolute Gasteiger partial charge is 0.357 e. The molecular formula is C20H33N7. The summed E-state index contributed by atoms with van der Waals surface area (Å²) in [5.41, 5.74) is 0. The van der Waals surface area contributed by atoms with Crippen LogP contribution in [0.3, 0.4) is 0 Å². The fraction of sp³-hybridized carbons (Fsp3) is 0.650. The lowest BCUT2D eigenvalue weighted by Crippen LogP contribution is -2.49. The van der Waals surface area contributed by atoms with E-state index in [0.717, 1.165) is 44.4 Å². The highest BCUT2D eigenvalue weighted by molar-refractivity contribution is 5.80. The number of imidazole rings is 2. The zero-order chi connectivity index (χ0) is 19.2. The number of guanidine groups is 1.